The van der Waals surface area contributed by atoms with Crippen molar-refractivity contribution in [2.75, 3.05) is 0 Å². The van der Waals surface area contributed by atoms with Crippen LogP contribution >= 0.6 is 95.6 Å². The van der Waals surface area contributed by atoms with E-state index in [1.165, 1.54) is 15.6 Å². The van der Waals surface area contributed by atoms with Crippen LogP contribution in [0.5, 0.6) is 0 Å². The SMILES string of the molecule is Brc1[se]c(Br)c(Br)c1Br.Brc1c[se]cc1Br.[Zn]. The monoisotopic (exact) mass is 795 g/mol. The third kappa shape index (κ3) is 6.86. The molecular weight excluding hydrogens is 799 g/mol. The first-order valence-corrected chi connectivity index (χ1v) is 12.0. The summed E-state index contributed by atoms with van der Waals surface area (Å²) in [6.45, 7) is 0. The van der Waals surface area contributed by atoms with E-state index in [9.17, 15) is 0 Å². The summed E-state index contributed by atoms with van der Waals surface area (Å²) in [6.07, 6.45) is 0. The fourth-order valence-electron chi connectivity index (χ4n) is 0.607. The Morgan fingerprint density at radius 1 is 0.706 bits per heavy atom. The van der Waals surface area contributed by atoms with Crippen LogP contribution in [-0.4, -0.2) is 29.0 Å². The fraction of sp³-hybridized carbons (Fsp3) is 0. The van der Waals surface area contributed by atoms with Gasteiger partial charge in [-0.05, 0) is 0 Å². The van der Waals surface area contributed by atoms with Crippen LogP contribution in [0.15, 0.2) is 34.5 Å². The summed E-state index contributed by atoms with van der Waals surface area (Å²) in [5.74, 6) is 0. The van der Waals surface area contributed by atoms with Crippen molar-refractivity contribution in [3.05, 3.63) is 34.5 Å². The second-order valence-corrected chi connectivity index (χ2v) is 13.3. The van der Waals surface area contributed by atoms with Crippen molar-refractivity contribution in [1.29, 1.82) is 0 Å². The Bertz CT molecular complexity index is 441. The molecular formula is C8H2Br6Se2Zn. The molecule has 0 saturated heterocycles. The molecule has 0 fully saturated rings. The van der Waals surface area contributed by atoms with E-state index >= 15 is 0 Å². The molecule has 2 aromatic rings. The largest absolute Gasteiger partial charge is 0 e. The summed E-state index contributed by atoms with van der Waals surface area (Å²) in [4.78, 5) is 4.36. The number of hydrogen-bond acceptors (Lipinski definition) is 0. The van der Waals surface area contributed by atoms with Gasteiger partial charge in [0.1, 0.15) is 0 Å². The number of rotatable bonds is 0. The molecule has 0 nitrogen and oxygen atoms in total. The Balaban J connectivity index is 0.000000292. The molecule has 90 valence electrons. The van der Waals surface area contributed by atoms with Gasteiger partial charge in [-0.1, -0.05) is 0 Å². The first kappa shape index (κ1) is 20.5. The number of halogens is 6. The summed E-state index contributed by atoms with van der Waals surface area (Å²) in [7, 11) is 0. The quantitative estimate of drug-likeness (QED) is 0.285. The van der Waals surface area contributed by atoms with Crippen LogP contribution < -0.4 is 0 Å². The first-order chi connectivity index (χ1) is 7.43. The normalized spacial score (nSPS) is 9.29. The first-order valence-electron chi connectivity index (χ1n) is 3.59. The second kappa shape index (κ2) is 10.3. The van der Waals surface area contributed by atoms with E-state index < -0.39 is 0 Å². The van der Waals surface area contributed by atoms with Crippen LogP contribution in [0.1, 0.15) is 0 Å². The molecule has 0 aliphatic rings. The molecule has 0 atom stereocenters. The molecule has 0 spiro atoms. The van der Waals surface area contributed by atoms with Crippen LogP contribution in [0.4, 0.5) is 0 Å². The van der Waals surface area contributed by atoms with Crippen molar-refractivity contribution < 1.29 is 19.5 Å². The van der Waals surface area contributed by atoms with Gasteiger partial charge in [0, 0.05) is 19.5 Å². The molecule has 17 heavy (non-hydrogen) atoms. The summed E-state index contributed by atoms with van der Waals surface area (Å²) < 4.78 is 7.16. The summed E-state index contributed by atoms with van der Waals surface area (Å²) in [5.41, 5.74) is 0. The molecule has 2 heterocycles. The van der Waals surface area contributed by atoms with Crippen molar-refractivity contribution in [3.63, 3.8) is 0 Å². The Labute approximate surface area is 175 Å². The van der Waals surface area contributed by atoms with Crippen LogP contribution in [0.3, 0.4) is 0 Å². The van der Waals surface area contributed by atoms with E-state index in [2.05, 4.69) is 105 Å². The molecule has 0 saturated carbocycles. The molecule has 9 heteroatoms. The van der Waals surface area contributed by atoms with Gasteiger partial charge in [0.05, 0.1) is 0 Å². The molecule has 0 N–H and O–H groups in total. The summed E-state index contributed by atoms with van der Waals surface area (Å²) in [6, 6.07) is 0. The molecule has 0 unspecified atom stereocenters. The molecule has 0 amide bonds. The second-order valence-electron chi connectivity index (χ2n) is 2.35. The predicted molar refractivity (Wildman–Crippen MR) is 93.0 cm³/mol. The van der Waals surface area contributed by atoms with Crippen LogP contribution in [0.2, 0.25) is 0 Å². The summed E-state index contributed by atoms with van der Waals surface area (Å²) >= 11 is 21.5. The van der Waals surface area contributed by atoms with Crippen LogP contribution in [0.25, 0.3) is 0 Å². The van der Waals surface area contributed by atoms with Gasteiger partial charge in [0.15, 0.2) is 0 Å². The van der Waals surface area contributed by atoms with E-state index in [4.69, 9.17) is 0 Å². The van der Waals surface area contributed by atoms with Gasteiger partial charge in [-0.2, -0.15) is 0 Å². The van der Waals surface area contributed by atoms with Gasteiger partial charge < -0.3 is 0 Å². The van der Waals surface area contributed by atoms with Crippen LogP contribution in [0, 0.1) is 0 Å². The molecule has 0 aliphatic heterocycles. The molecule has 0 aliphatic carbocycles. The third-order valence-electron chi connectivity index (χ3n) is 1.29. The zero-order valence-electron chi connectivity index (χ0n) is 7.95. The van der Waals surface area contributed by atoms with Gasteiger partial charge in [0.25, 0.3) is 0 Å². The molecule has 2 aromatic heterocycles. The van der Waals surface area contributed by atoms with Crippen molar-refractivity contribution >= 4 is 125 Å². The van der Waals surface area contributed by atoms with E-state index in [1.54, 1.807) is 0 Å². The van der Waals surface area contributed by atoms with Gasteiger partial charge in [0.2, 0.25) is 0 Å². The Kier molecular flexibility index (Phi) is 12.4. The Morgan fingerprint density at radius 3 is 1.18 bits per heavy atom. The molecule has 0 aromatic carbocycles. The van der Waals surface area contributed by atoms with E-state index in [0.29, 0.717) is 29.0 Å². The smallest absolute Gasteiger partial charge is 0 e. The van der Waals surface area contributed by atoms with Gasteiger partial charge >= 0.3 is 159 Å². The van der Waals surface area contributed by atoms with Crippen LogP contribution in [-0.2, 0) is 19.5 Å². The minimum absolute atomic E-state index is 0. The van der Waals surface area contributed by atoms with Gasteiger partial charge in [-0.15, -0.1) is 0 Å². The number of hydrogen-bond donors (Lipinski definition) is 0. The molecule has 2 rings (SSSR count). The molecule has 0 radical (unpaired) electrons. The van der Waals surface area contributed by atoms with Crippen molar-refractivity contribution in [2.45, 2.75) is 0 Å². The maximum absolute atomic E-state index is 3.44. The molecule has 0 bridgehead atoms. The van der Waals surface area contributed by atoms with Crippen molar-refractivity contribution in [3.8, 4) is 0 Å². The minimum atomic E-state index is 0. The van der Waals surface area contributed by atoms with Gasteiger partial charge in [-0.3, -0.25) is 0 Å². The maximum atomic E-state index is 3.44. The maximum Gasteiger partial charge on any atom is 0 e. The zero-order chi connectivity index (χ0) is 12.3. The van der Waals surface area contributed by atoms with Crippen molar-refractivity contribution in [2.24, 2.45) is 0 Å². The third-order valence-corrected chi connectivity index (χ3v) is 14.5. The van der Waals surface area contributed by atoms with Crippen molar-refractivity contribution in [1.82, 2.24) is 0 Å². The van der Waals surface area contributed by atoms with E-state index in [-0.39, 0.29) is 19.5 Å². The Morgan fingerprint density at radius 2 is 1.06 bits per heavy atom. The fourth-order valence-corrected chi connectivity index (χ4v) is 10.5. The average molecular weight is 801 g/mol. The van der Waals surface area contributed by atoms with Gasteiger partial charge in [-0.25, -0.2) is 0 Å². The summed E-state index contributed by atoms with van der Waals surface area (Å²) in [5, 5.41) is 0. The zero-order valence-corrected chi connectivity index (χ0v) is 23.9. The Hall–Kier alpha value is 3.50. The van der Waals surface area contributed by atoms with E-state index in [0.717, 1.165) is 8.95 Å². The van der Waals surface area contributed by atoms with E-state index in [1.807, 2.05) is 0 Å². The average Bonchev–Trinajstić information content (AvgIpc) is 2.70. The standard InChI is InChI=1S/C4Br4Se.C4H2Br2Se.Zn/c5-1-2(6)4(8)9-3(1)7;5-3-1-7-2-4(3)6;/h;1-2H;. The predicted octanol–water partition coefficient (Wildman–Crippen LogP) is 6.06. The minimum Gasteiger partial charge on any atom is 0 e. The topological polar surface area (TPSA) is 0 Å².